The minimum Gasteiger partial charge on any atom is -0.378 e. The van der Waals surface area contributed by atoms with E-state index in [1.54, 1.807) is 9.58 Å². The SMILES string of the molecule is CN(C)c1cccc(C(=O)N2CCc3c(c(C(=O)NCc4ccccc4)nn3C)C2)c1. The summed E-state index contributed by atoms with van der Waals surface area (Å²) in [6.45, 7) is 1.41. The van der Waals surface area contributed by atoms with E-state index < -0.39 is 0 Å². The van der Waals surface area contributed by atoms with Gasteiger partial charge in [0.1, 0.15) is 0 Å². The van der Waals surface area contributed by atoms with Gasteiger partial charge in [0.05, 0.1) is 6.54 Å². The summed E-state index contributed by atoms with van der Waals surface area (Å²) in [4.78, 5) is 29.8. The number of benzene rings is 2. The van der Waals surface area contributed by atoms with E-state index in [0.29, 0.717) is 37.3 Å². The summed E-state index contributed by atoms with van der Waals surface area (Å²) in [6, 6.07) is 17.4. The van der Waals surface area contributed by atoms with E-state index in [-0.39, 0.29) is 11.8 Å². The topological polar surface area (TPSA) is 70.5 Å². The van der Waals surface area contributed by atoms with Gasteiger partial charge in [-0.3, -0.25) is 14.3 Å². The average molecular weight is 418 g/mol. The molecule has 0 fully saturated rings. The molecule has 0 aliphatic carbocycles. The quantitative estimate of drug-likeness (QED) is 0.693. The maximum Gasteiger partial charge on any atom is 0.272 e. The van der Waals surface area contributed by atoms with Crippen LogP contribution in [-0.2, 0) is 26.6 Å². The van der Waals surface area contributed by atoms with Crippen LogP contribution in [0.4, 0.5) is 5.69 Å². The third-order valence-electron chi connectivity index (χ3n) is 5.65. The van der Waals surface area contributed by atoms with Gasteiger partial charge in [-0.05, 0) is 23.8 Å². The van der Waals surface area contributed by atoms with Crippen LogP contribution in [0.5, 0.6) is 0 Å². The Hall–Kier alpha value is -3.61. The summed E-state index contributed by atoms with van der Waals surface area (Å²) in [7, 11) is 5.75. The molecule has 1 N–H and O–H groups in total. The number of aryl methyl sites for hydroxylation is 1. The Morgan fingerprint density at radius 3 is 2.61 bits per heavy atom. The monoisotopic (exact) mass is 417 g/mol. The van der Waals surface area contributed by atoms with Crippen LogP contribution in [0.2, 0.25) is 0 Å². The van der Waals surface area contributed by atoms with Crippen LogP contribution in [0.1, 0.15) is 37.7 Å². The maximum atomic E-state index is 13.2. The number of hydrogen-bond acceptors (Lipinski definition) is 4. The zero-order chi connectivity index (χ0) is 22.0. The fraction of sp³-hybridized carbons (Fsp3) is 0.292. The van der Waals surface area contributed by atoms with Crippen molar-refractivity contribution in [1.82, 2.24) is 20.0 Å². The van der Waals surface area contributed by atoms with Crippen molar-refractivity contribution < 1.29 is 9.59 Å². The first-order chi connectivity index (χ1) is 14.9. The molecule has 0 bridgehead atoms. The number of anilines is 1. The summed E-state index contributed by atoms with van der Waals surface area (Å²) in [5.41, 5.74) is 4.89. The molecule has 0 spiro atoms. The van der Waals surface area contributed by atoms with E-state index >= 15 is 0 Å². The smallest absolute Gasteiger partial charge is 0.272 e. The van der Waals surface area contributed by atoms with Crippen molar-refractivity contribution in [2.75, 3.05) is 25.5 Å². The van der Waals surface area contributed by atoms with Gasteiger partial charge in [-0.1, -0.05) is 36.4 Å². The maximum absolute atomic E-state index is 13.2. The minimum atomic E-state index is -0.218. The third-order valence-corrected chi connectivity index (χ3v) is 5.65. The van der Waals surface area contributed by atoms with Crippen molar-refractivity contribution in [3.63, 3.8) is 0 Å². The zero-order valence-electron chi connectivity index (χ0n) is 18.1. The first kappa shape index (κ1) is 20.7. The second-order valence-corrected chi connectivity index (χ2v) is 7.99. The Balaban J connectivity index is 1.52. The third kappa shape index (κ3) is 4.30. The Morgan fingerprint density at radius 2 is 1.87 bits per heavy atom. The number of aromatic nitrogens is 2. The van der Waals surface area contributed by atoms with Crippen molar-refractivity contribution in [1.29, 1.82) is 0 Å². The normalized spacial score (nSPS) is 12.9. The van der Waals surface area contributed by atoms with Crippen molar-refractivity contribution >= 4 is 17.5 Å². The lowest BCUT2D eigenvalue weighted by Crippen LogP contribution is -2.37. The van der Waals surface area contributed by atoms with Crippen molar-refractivity contribution in [2.24, 2.45) is 7.05 Å². The molecule has 7 heteroatoms. The summed E-state index contributed by atoms with van der Waals surface area (Å²) < 4.78 is 1.77. The predicted molar refractivity (Wildman–Crippen MR) is 120 cm³/mol. The Labute approximate surface area is 182 Å². The number of nitrogens with zero attached hydrogens (tertiary/aromatic N) is 4. The molecule has 0 saturated carbocycles. The molecule has 3 aromatic rings. The first-order valence-electron chi connectivity index (χ1n) is 10.4. The molecule has 2 aromatic carbocycles. The minimum absolute atomic E-state index is 0.0335. The molecular formula is C24H27N5O2. The van der Waals surface area contributed by atoms with Gasteiger partial charge in [-0.2, -0.15) is 5.10 Å². The lowest BCUT2D eigenvalue weighted by molar-refractivity contribution is 0.0730. The second-order valence-electron chi connectivity index (χ2n) is 7.99. The van der Waals surface area contributed by atoms with Crippen LogP contribution in [-0.4, -0.2) is 47.1 Å². The van der Waals surface area contributed by atoms with Gasteiger partial charge in [0.25, 0.3) is 11.8 Å². The Morgan fingerprint density at radius 1 is 1.10 bits per heavy atom. The number of amides is 2. The Kier molecular flexibility index (Phi) is 5.75. The fourth-order valence-electron chi connectivity index (χ4n) is 3.91. The molecule has 1 aliphatic rings. The highest BCUT2D eigenvalue weighted by atomic mass is 16.2. The molecule has 2 amide bonds. The van der Waals surface area contributed by atoms with E-state index in [1.165, 1.54) is 0 Å². The van der Waals surface area contributed by atoms with Crippen LogP contribution >= 0.6 is 0 Å². The summed E-state index contributed by atoms with van der Waals surface area (Å²) in [6.07, 6.45) is 0.671. The van der Waals surface area contributed by atoms with Crippen LogP contribution < -0.4 is 10.2 Å². The van der Waals surface area contributed by atoms with Crippen LogP contribution in [0.3, 0.4) is 0 Å². The van der Waals surface area contributed by atoms with Gasteiger partial charge in [0, 0.05) is 63.2 Å². The lowest BCUT2D eigenvalue weighted by Gasteiger charge is -2.28. The average Bonchev–Trinajstić information content (AvgIpc) is 3.13. The molecule has 2 heterocycles. The van der Waals surface area contributed by atoms with E-state index in [0.717, 1.165) is 22.5 Å². The highest BCUT2D eigenvalue weighted by Gasteiger charge is 2.29. The second kappa shape index (κ2) is 8.63. The standard InChI is InChI=1S/C24H27N5O2/c1-27(2)19-11-7-10-18(14-19)24(31)29-13-12-21-20(16-29)22(26-28(21)3)23(30)25-15-17-8-5-4-6-9-17/h4-11,14H,12-13,15-16H2,1-3H3,(H,25,30). The molecule has 0 unspecified atom stereocenters. The molecule has 4 rings (SSSR count). The van der Waals surface area contributed by atoms with E-state index in [4.69, 9.17) is 0 Å². The summed E-state index contributed by atoms with van der Waals surface area (Å²) >= 11 is 0. The largest absolute Gasteiger partial charge is 0.378 e. The molecule has 0 saturated heterocycles. The van der Waals surface area contributed by atoms with Crippen LogP contribution in [0, 0.1) is 0 Å². The van der Waals surface area contributed by atoms with E-state index in [2.05, 4.69) is 10.4 Å². The number of carbonyl (C=O) groups excluding carboxylic acids is 2. The molecule has 0 radical (unpaired) electrons. The number of carbonyl (C=O) groups is 2. The van der Waals surface area contributed by atoms with Gasteiger partial charge in [-0.25, -0.2) is 0 Å². The fourth-order valence-corrected chi connectivity index (χ4v) is 3.91. The van der Waals surface area contributed by atoms with Crippen molar-refractivity contribution in [3.05, 3.63) is 82.7 Å². The predicted octanol–water partition coefficient (Wildman–Crippen LogP) is 2.61. The van der Waals surface area contributed by atoms with Gasteiger partial charge in [-0.15, -0.1) is 0 Å². The molecular weight excluding hydrogens is 390 g/mol. The Bertz CT molecular complexity index is 1100. The summed E-state index contributed by atoms with van der Waals surface area (Å²) in [5.74, 6) is -0.251. The molecule has 7 nitrogen and oxygen atoms in total. The summed E-state index contributed by atoms with van der Waals surface area (Å²) in [5, 5.41) is 7.42. The number of rotatable bonds is 5. The van der Waals surface area contributed by atoms with Gasteiger partial charge >= 0.3 is 0 Å². The molecule has 0 atom stereocenters. The number of fused-ring (bicyclic) bond motifs is 1. The lowest BCUT2D eigenvalue weighted by atomic mass is 10.0. The van der Waals surface area contributed by atoms with Gasteiger partial charge in [0.2, 0.25) is 0 Å². The highest BCUT2D eigenvalue weighted by Crippen LogP contribution is 2.24. The van der Waals surface area contributed by atoms with Gasteiger partial charge in [0.15, 0.2) is 5.69 Å². The zero-order valence-corrected chi connectivity index (χ0v) is 18.1. The van der Waals surface area contributed by atoms with E-state index in [1.807, 2.05) is 80.6 Å². The van der Waals surface area contributed by atoms with Crippen molar-refractivity contribution in [2.45, 2.75) is 19.5 Å². The van der Waals surface area contributed by atoms with Crippen LogP contribution in [0.15, 0.2) is 54.6 Å². The van der Waals surface area contributed by atoms with Crippen molar-refractivity contribution in [3.8, 4) is 0 Å². The number of nitrogens with one attached hydrogen (secondary N) is 1. The molecule has 31 heavy (non-hydrogen) atoms. The highest BCUT2D eigenvalue weighted by molar-refractivity contribution is 5.96. The van der Waals surface area contributed by atoms with E-state index in [9.17, 15) is 9.59 Å². The van der Waals surface area contributed by atoms with Crippen LogP contribution in [0.25, 0.3) is 0 Å². The number of hydrogen-bond donors (Lipinski definition) is 1. The molecule has 1 aliphatic heterocycles. The molecule has 1 aromatic heterocycles. The molecule has 160 valence electrons. The van der Waals surface area contributed by atoms with Gasteiger partial charge < -0.3 is 15.1 Å². The first-order valence-corrected chi connectivity index (χ1v) is 10.4.